The zero-order chi connectivity index (χ0) is 13.4. The molecule has 2 N–H and O–H groups in total. The molecule has 1 rings (SSSR count). The minimum atomic E-state index is 0.00562. The number of hydrogen-bond donors (Lipinski definition) is 1. The van der Waals surface area contributed by atoms with Gasteiger partial charge in [0, 0.05) is 30.9 Å². The highest BCUT2D eigenvalue weighted by molar-refractivity contribution is 5.94. The Hall–Kier alpha value is -1.62. The Labute approximate surface area is 108 Å². The molecule has 0 bridgehead atoms. The van der Waals surface area contributed by atoms with Crippen molar-refractivity contribution >= 4 is 5.91 Å². The van der Waals surface area contributed by atoms with Crippen molar-refractivity contribution in [3.05, 3.63) is 23.9 Å². The van der Waals surface area contributed by atoms with Crippen LogP contribution in [0.4, 0.5) is 0 Å². The van der Waals surface area contributed by atoms with Crippen LogP contribution in [-0.2, 0) is 0 Å². The number of rotatable bonds is 7. The van der Waals surface area contributed by atoms with Crippen LogP contribution in [0.25, 0.3) is 0 Å². The summed E-state index contributed by atoms with van der Waals surface area (Å²) >= 11 is 0. The summed E-state index contributed by atoms with van der Waals surface area (Å²) in [6, 6.07) is 3.38. The van der Waals surface area contributed by atoms with Crippen molar-refractivity contribution in [1.29, 1.82) is 0 Å². The fourth-order valence-corrected chi connectivity index (χ4v) is 1.57. The van der Waals surface area contributed by atoms with E-state index in [0.717, 1.165) is 6.42 Å². The van der Waals surface area contributed by atoms with Crippen molar-refractivity contribution in [3.63, 3.8) is 0 Å². The van der Waals surface area contributed by atoms with Gasteiger partial charge < -0.3 is 15.4 Å². The monoisotopic (exact) mass is 251 g/mol. The lowest BCUT2D eigenvalue weighted by molar-refractivity contribution is 0.0772. The van der Waals surface area contributed by atoms with E-state index in [0.29, 0.717) is 37.7 Å². The van der Waals surface area contributed by atoms with Gasteiger partial charge in [-0.1, -0.05) is 0 Å². The zero-order valence-corrected chi connectivity index (χ0v) is 11.1. The molecule has 0 aliphatic rings. The van der Waals surface area contributed by atoms with Crippen LogP contribution in [0.3, 0.4) is 0 Å². The average Bonchev–Trinajstić information content (AvgIpc) is 2.41. The van der Waals surface area contributed by atoms with E-state index in [1.54, 1.807) is 23.2 Å². The molecule has 100 valence electrons. The Morgan fingerprint density at radius 1 is 1.44 bits per heavy atom. The fourth-order valence-electron chi connectivity index (χ4n) is 1.57. The maximum absolute atomic E-state index is 12.1. The van der Waals surface area contributed by atoms with Gasteiger partial charge in [0.15, 0.2) is 0 Å². The highest BCUT2D eigenvalue weighted by atomic mass is 16.5. The molecule has 0 unspecified atom stereocenters. The number of carbonyl (C=O) groups is 1. The maximum atomic E-state index is 12.1. The molecule has 0 aliphatic heterocycles. The van der Waals surface area contributed by atoms with Crippen LogP contribution in [-0.4, -0.2) is 42.0 Å². The van der Waals surface area contributed by atoms with Gasteiger partial charge in [-0.15, -0.1) is 0 Å². The van der Waals surface area contributed by atoms with E-state index in [4.69, 9.17) is 10.5 Å². The Kier molecular flexibility index (Phi) is 6.14. The second-order valence-corrected chi connectivity index (χ2v) is 3.85. The van der Waals surface area contributed by atoms with Crippen molar-refractivity contribution in [2.45, 2.75) is 20.3 Å². The topological polar surface area (TPSA) is 68.5 Å². The van der Waals surface area contributed by atoms with Gasteiger partial charge in [-0.05, 0) is 32.9 Å². The number of nitrogens with two attached hydrogens (primary N) is 1. The first-order chi connectivity index (χ1) is 8.72. The third-order valence-corrected chi connectivity index (χ3v) is 2.63. The van der Waals surface area contributed by atoms with E-state index in [1.807, 2.05) is 13.8 Å². The second kappa shape index (κ2) is 7.66. The number of carbonyl (C=O) groups excluding carboxylic acids is 1. The molecule has 1 aromatic rings. The van der Waals surface area contributed by atoms with Crippen LogP contribution in [0.2, 0.25) is 0 Å². The number of nitrogens with zero attached hydrogens (tertiary/aromatic N) is 2. The van der Waals surface area contributed by atoms with Crippen LogP contribution in [0.1, 0.15) is 30.6 Å². The lowest BCUT2D eigenvalue weighted by Gasteiger charge is -2.18. The predicted molar refractivity (Wildman–Crippen MR) is 70.7 cm³/mol. The molecule has 18 heavy (non-hydrogen) atoms. The Morgan fingerprint density at radius 2 is 2.17 bits per heavy atom. The Balaban J connectivity index is 2.71. The molecular weight excluding hydrogens is 230 g/mol. The quantitative estimate of drug-likeness (QED) is 0.741. The number of ether oxygens (including phenoxy) is 1. The van der Waals surface area contributed by atoms with Gasteiger partial charge in [0.2, 0.25) is 5.88 Å². The van der Waals surface area contributed by atoms with Crippen LogP contribution >= 0.6 is 0 Å². The minimum absolute atomic E-state index is 0.00562. The highest BCUT2D eigenvalue weighted by Crippen LogP contribution is 2.12. The van der Waals surface area contributed by atoms with E-state index in [1.165, 1.54) is 0 Å². The molecule has 0 aliphatic carbocycles. The third-order valence-electron chi connectivity index (χ3n) is 2.63. The molecule has 0 atom stereocenters. The first-order valence-electron chi connectivity index (χ1n) is 6.31. The molecule has 5 nitrogen and oxygen atoms in total. The molecule has 0 spiro atoms. The summed E-state index contributed by atoms with van der Waals surface area (Å²) in [5.74, 6) is 0.479. The number of aromatic nitrogens is 1. The lowest BCUT2D eigenvalue weighted by atomic mass is 10.2. The summed E-state index contributed by atoms with van der Waals surface area (Å²) in [4.78, 5) is 17.9. The van der Waals surface area contributed by atoms with Gasteiger partial charge in [-0.25, -0.2) is 4.98 Å². The Morgan fingerprint density at radius 3 is 2.78 bits per heavy atom. The van der Waals surface area contributed by atoms with Gasteiger partial charge in [0.05, 0.1) is 6.61 Å². The summed E-state index contributed by atoms with van der Waals surface area (Å²) in [5, 5.41) is 0. The van der Waals surface area contributed by atoms with E-state index >= 15 is 0 Å². The molecule has 1 heterocycles. The molecular formula is C13H21N3O2. The predicted octanol–water partition coefficient (Wildman–Crippen LogP) is 1.29. The standard InChI is InChI=1S/C13H21N3O2/c1-3-16(4-2)13(17)11-6-8-15-12(10-11)18-9-5-7-14/h6,8,10H,3-5,7,9,14H2,1-2H3. The van der Waals surface area contributed by atoms with Gasteiger partial charge in [-0.2, -0.15) is 0 Å². The summed E-state index contributed by atoms with van der Waals surface area (Å²) in [7, 11) is 0. The van der Waals surface area contributed by atoms with E-state index in [9.17, 15) is 4.79 Å². The smallest absolute Gasteiger partial charge is 0.254 e. The molecule has 1 aromatic heterocycles. The van der Waals surface area contributed by atoms with Crippen molar-refractivity contribution in [3.8, 4) is 5.88 Å². The highest BCUT2D eigenvalue weighted by Gasteiger charge is 2.13. The van der Waals surface area contributed by atoms with Crippen LogP contribution in [0.5, 0.6) is 5.88 Å². The number of hydrogen-bond acceptors (Lipinski definition) is 4. The average molecular weight is 251 g/mol. The summed E-state index contributed by atoms with van der Waals surface area (Å²) in [6.45, 7) is 6.41. The van der Waals surface area contributed by atoms with Gasteiger partial charge >= 0.3 is 0 Å². The van der Waals surface area contributed by atoms with Crippen LogP contribution in [0, 0.1) is 0 Å². The molecule has 1 amide bonds. The zero-order valence-electron chi connectivity index (χ0n) is 11.1. The summed E-state index contributed by atoms with van der Waals surface area (Å²) < 4.78 is 5.42. The molecule has 0 saturated carbocycles. The first kappa shape index (κ1) is 14.4. The van der Waals surface area contributed by atoms with Gasteiger partial charge in [0.1, 0.15) is 0 Å². The summed E-state index contributed by atoms with van der Waals surface area (Å²) in [5.41, 5.74) is 5.99. The second-order valence-electron chi connectivity index (χ2n) is 3.85. The normalized spacial score (nSPS) is 10.2. The van der Waals surface area contributed by atoms with Crippen molar-refractivity contribution in [2.24, 2.45) is 5.73 Å². The number of pyridine rings is 1. The van der Waals surface area contributed by atoms with Crippen LogP contribution in [0.15, 0.2) is 18.3 Å². The van der Waals surface area contributed by atoms with Crippen molar-refractivity contribution in [1.82, 2.24) is 9.88 Å². The SMILES string of the molecule is CCN(CC)C(=O)c1ccnc(OCCCN)c1. The lowest BCUT2D eigenvalue weighted by Crippen LogP contribution is -2.30. The van der Waals surface area contributed by atoms with Gasteiger partial charge in [-0.3, -0.25) is 4.79 Å². The fraction of sp³-hybridized carbons (Fsp3) is 0.538. The molecule has 0 fully saturated rings. The molecule has 0 saturated heterocycles. The van der Waals surface area contributed by atoms with Gasteiger partial charge in [0.25, 0.3) is 5.91 Å². The minimum Gasteiger partial charge on any atom is -0.478 e. The van der Waals surface area contributed by atoms with Crippen molar-refractivity contribution in [2.75, 3.05) is 26.2 Å². The maximum Gasteiger partial charge on any atom is 0.254 e. The van der Waals surface area contributed by atoms with Crippen LogP contribution < -0.4 is 10.5 Å². The van der Waals surface area contributed by atoms with E-state index in [-0.39, 0.29) is 5.91 Å². The molecule has 5 heteroatoms. The molecule has 0 radical (unpaired) electrons. The molecule has 0 aromatic carbocycles. The Bertz CT molecular complexity index is 378. The van der Waals surface area contributed by atoms with E-state index < -0.39 is 0 Å². The van der Waals surface area contributed by atoms with Crippen molar-refractivity contribution < 1.29 is 9.53 Å². The number of amides is 1. The third kappa shape index (κ3) is 4.00. The summed E-state index contributed by atoms with van der Waals surface area (Å²) in [6.07, 6.45) is 2.37. The largest absolute Gasteiger partial charge is 0.478 e. The first-order valence-corrected chi connectivity index (χ1v) is 6.31. The van der Waals surface area contributed by atoms with E-state index in [2.05, 4.69) is 4.98 Å².